The molecule has 0 aliphatic heterocycles. The largest absolute Gasteiger partial charge is 0.341 e. The van der Waals surface area contributed by atoms with Gasteiger partial charge in [0, 0.05) is 36.9 Å². The Kier molecular flexibility index (Phi) is 5.07. The van der Waals surface area contributed by atoms with Gasteiger partial charge in [-0.2, -0.15) is 0 Å². The summed E-state index contributed by atoms with van der Waals surface area (Å²) in [5.74, 6) is 0. The number of rotatable bonds is 6. The predicted molar refractivity (Wildman–Crippen MR) is 78.4 cm³/mol. The van der Waals surface area contributed by atoms with Crippen molar-refractivity contribution in [2.75, 3.05) is 6.54 Å². The van der Waals surface area contributed by atoms with E-state index in [4.69, 9.17) is 11.6 Å². The molecule has 2 rings (SSSR count). The van der Waals surface area contributed by atoms with Gasteiger partial charge in [-0.05, 0) is 24.6 Å². The molecule has 0 aliphatic rings. The minimum absolute atomic E-state index is 0.545. The van der Waals surface area contributed by atoms with Crippen LogP contribution in [0.3, 0.4) is 0 Å². The number of aromatic nitrogens is 2. The van der Waals surface area contributed by atoms with E-state index in [0.717, 1.165) is 23.4 Å². The lowest BCUT2D eigenvalue weighted by atomic mass is 10.2. The average molecular weight is 290 g/mol. The number of aryl methyl sites for hydroxylation is 1. The summed E-state index contributed by atoms with van der Waals surface area (Å²) in [4.78, 5) is 21.3. The van der Waals surface area contributed by atoms with E-state index in [9.17, 15) is 4.79 Å². The number of amides is 1. The third-order valence-electron chi connectivity index (χ3n) is 3.04. The first-order valence-electron chi connectivity index (χ1n) is 6.39. The molecule has 0 radical (unpaired) electrons. The zero-order chi connectivity index (χ0) is 14.4. The number of nitrogens with zero attached hydrogens (tertiary/aromatic N) is 3. The van der Waals surface area contributed by atoms with Crippen LogP contribution >= 0.6 is 11.6 Å². The predicted octanol–water partition coefficient (Wildman–Crippen LogP) is 2.64. The van der Waals surface area contributed by atoms with Crippen molar-refractivity contribution in [1.82, 2.24) is 14.9 Å². The van der Waals surface area contributed by atoms with Gasteiger partial charge >= 0.3 is 0 Å². The minimum Gasteiger partial charge on any atom is -0.341 e. The summed E-state index contributed by atoms with van der Waals surface area (Å²) in [6.07, 6.45) is 4.89. The van der Waals surface area contributed by atoms with Gasteiger partial charge in [0.1, 0.15) is 0 Å². The molecule has 1 aromatic heterocycles. The minimum atomic E-state index is 0.545. The molecule has 1 aromatic carbocycles. The van der Waals surface area contributed by atoms with Gasteiger partial charge in [0.15, 0.2) is 0 Å². The number of hydrogen-bond donors (Lipinski definition) is 0. The summed E-state index contributed by atoms with van der Waals surface area (Å²) in [5, 5.41) is 0.679. The number of hydrogen-bond acceptors (Lipinski definition) is 3. The average Bonchev–Trinajstić information content (AvgIpc) is 2.45. The zero-order valence-electron chi connectivity index (χ0n) is 11.3. The fourth-order valence-electron chi connectivity index (χ4n) is 1.97. The van der Waals surface area contributed by atoms with Crippen LogP contribution in [-0.4, -0.2) is 27.8 Å². The molecular formula is C15H16ClN3O. The number of benzene rings is 1. The van der Waals surface area contributed by atoms with Crippen molar-refractivity contribution in [3.63, 3.8) is 0 Å². The lowest BCUT2D eigenvalue weighted by Crippen LogP contribution is -2.24. The van der Waals surface area contributed by atoms with Crippen LogP contribution in [0, 0.1) is 6.92 Å². The third-order valence-corrected chi connectivity index (χ3v) is 3.28. The standard InChI is InChI=1S/C15H16ClN3O/c1-12-15(18-7-6-17-12)5-8-19(11-20)10-13-3-2-4-14(16)9-13/h2-4,6-7,9,11H,5,8,10H2,1H3. The second-order valence-corrected chi connectivity index (χ2v) is 4.98. The Labute approximate surface area is 123 Å². The van der Waals surface area contributed by atoms with E-state index in [1.165, 1.54) is 0 Å². The molecule has 0 saturated heterocycles. The van der Waals surface area contributed by atoms with E-state index in [0.29, 0.717) is 24.5 Å². The Morgan fingerprint density at radius 3 is 2.80 bits per heavy atom. The quantitative estimate of drug-likeness (QED) is 0.768. The Bertz CT molecular complexity index is 589. The maximum atomic E-state index is 11.2. The SMILES string of the molecule is Cc1nccnc1CCN(C=O)Cc1cccc(Cl)c1. The zero-order valence-corrected chi connectivity index (χ0v) is 12.0. The summed E-state index contributed by atoms with van der Waals surface area (Å²) in [6.45, 7) is 3.07. The smallest absolute Gasteiger partial charge is 0.210 e. The van der Waals surface area contributed by atoms with Crippen molar-refractivity contribution in [1.29, 1.82) is 0 Å². The van der Waals surface area contributed by atoms with Crippen molar-refractivity contribution in [3.8, 4) is 0 Å². The fraction of sp³-hybridized carbons (Fsp3) is 0.267. The molecule has 4 nitrogen and oxygen atoms in total. The van der Waals surface area contributed by atoms with Crippen LogP contribution < -0.4 is 0 Å². The van der Waals surface area contributed by atoms with Crippen LogP contribution in [-0.2, 0) is 17.8 Å². The van der Waals surface area contributed by atoms with E-state index >= 15 is 0 Å². The Morgan fingerprint density at radius 1 is 1.30 bits per heavy atom. The lowest BCUT2D eigenvalue weighted by Gasteiger charge is -2.17. The first-order chi connectivity index (χ1) is 9.69. The van der Waals surface area contributed by atoms with Crippen LogP contribution in [0.1, 0.15) is 17.0 Å². The molecule has 5 heteroatoms. The molecule has 0 fully saturated rings. The number of carbonyl (C=O) groups is 1. The van der Waals surface area contributed by atoms with E-state index < -0.39 is 0 Å². The molecule has 0 atom stereocenters. The van der Waals surface area contributed by atoms with E-state index in [1.54, 1.807) is 17.3 Å². The molecule has 0 aliphatic carbocycles. The molecule has 104 valence electrons. The highest BCUT2D eigenvalue weighted by Gasteiger charge is 2.06. The van der Waals surface area contributed by atoms with Crippen LogP contribution in [0.4, 0.5) is 0 Å². The summed E-state index contributed by atoms with van der Waals surface area (Å²) < 4.78 is 0. The van der Waals surface area contributed by atoms with Gasteiger partial charge in [0.25, 0.3) is 0 Å². The van der Waals surface area contributed by atoms with Crippen molar-refractivity contribution in [2.45, 2.75) is 19.9 Å². The lowest BCUT2D eigenvalue weighted by molar-refractivity contribution is -0.118. The maximum absolute atomic E-state index is 11.2. The summed E-state index contributed by atoms with van der Waals surface area (Å²) >= 11 is 5.94. The van der Waals surface area contributed by atoms with Crippen molar-refractivity contribution >= 4 is 18.0 Å². The van der Waals surface area contributed by atoms with Crippen LogP contribution in [0.5, 0.6) is 0 Å². The molecular weight excluding hydrogens is 274 g/mol. The maximum Gasteiger partial charge on any atom is 0.210 e. The van der Waals surface area contributed by atoms with E-state index in [-0.39, 0.29) is 0 Å². The van der Waals surface area contributed by atoms with Gasteiger partial charge in [-0.1, -0.05) is 23.7 Å². The highest BCUT2D eigenvalue weighted by atomic mass is 35.5. The Hall–Kier alpha value is -1.94. The second kappa shape index (κ2) is 7.01. The van der Waals surface area contributed by atoms with Gasteiger partial charge in [-0.25, -0.2) is 0 Å². The van der Waals surface area contributed by atoms with Gasteiger partial charge in [-0.3, -0.25) is 14.8 Å². The molecule has 0 saturated carbocycles. The van der Waals surface area contributed by atoms with Crippen molar-refractivity contribution in [2.24, 2.45) is 0 Å². The van der Waals surface area contributed by atoms with Crippen LogP contribution in [0.15, 0.2) is 36.7 Å². The molecule has 0 N–H and O–H groups in total. The first kappa shape index (κ1) is 14.5. The fourth-order valence-corrected chi connectivity index (χ4v) is 2.18. The highest BCUT2D eigenvalue weighted by Crippen LogP contribution is 2.12. The van der Waals surface area contributed by atoms with Crippen molar-refractivity contribution < 1.29 is 4.79 Å². The Balaban J connectivity index is 1.96. The molecule has 0 spiro atoms. The normalized spacial score (nSPS) is 10.3. The second-order valence-electron chi connectivity index (χ2n) is 4.54. The van der Waals surface area contributed by atoms with Crippen LogP contribution in [0.25, 0.3) is 0 Å². The summed E-state index contributed by atoms with van der Waals surface area (Å²) in [5.41, 5.74) is 2.84. The van der Waals surface area contributed by atoms with Gasteiger partial charge in [-0.15, -0.1) is 0 Å². The molecule has 1 heterocycles. The highest BCUT2D eigenvalue weighted by molar-refractivity contribution is 6.30. The number of carbonyl (C=O) groups excluding carboxylic acids is 1. The van der Waals surface area contributed by atoms with Gasteiger partial charge in [0.05, 0.1) is 11.4 Å². The molecule has 20 heavy (non-hydrogen) atoms. The van der Waals surface area contributed by atoms with E-state index in [2.05, 4.69) is 9.97 Å². The molecule has 2 aromatic rings. The Morgan fingerprint density at radius 2 is 2.10 bits per heavy atom. The topological polar surface area (TPSA) is 46.1 Å². The molecule has 1 amide bonds. The monoisotopic (exact) mass is 289 g/mol. The van der Waals surface area contributed by atoms with Gasteiger partial charge < -0.3 is 4.90 Å². The molecule has 0 bridgehead atoms. The first-order valence-corrected chi connectivity index (χ1v) is 6.77. The number of halogens is 1. The summed E-state index contributed by atoms with van der Waals surface area (Å²) in [6, 6.07) is 7.52. The van der Waals surface area contributed by atoms with Crippen molar-refractivity contribution in [3.05, 3.63) is 58.6 Å². The molecule has 0 unspecified atom stereocenters. The third kappa shape index (κ3) is 4.03. The van der Waals surface area contributed by atoms with Gasteiger partial charge in [0.2, 0.25) is 6.41 Å². The van der Waals surface area contributed by atoms with Crippen LogP contribution in [0.2, 0.25) is 5.02 Å². The summed E-state index contributed by atoms with van der Waals surface area (Å²) in [7, 11) is 0. The van der Waals surface area contributed by atoms with E-state index in [1.807, 2.05) is 31.2 Å².